The highest BCUT2D eigenvalue weighted by Crippen LogP contribution is 2.27. The summed E-state index contributed by atoms with van der Waals surface area (Å²) in [5, 5.41) is 22.3. The maximum atomic E-state index is 12.2. The lowest BCUT2D eigenvalue weighted by Gasteiger charge is -2.27. The summed E-state index contributed by atoms with van der Waals surface area (Å²) in [4.78, 5) is 12.2. The SMILES string of the molecule is N#CC1(NC(=O)C(O)c2ccccc2)CCCCCC1. The Labute approximate surface area is 119 Å². The fourth-order valence-corrected chi connectivity index (χ4v) is 2.69. The van der Waals surface area contributed by atoms with Gasteiger partial charge in [-0.25, -0.2) is 0 Å². The summed E-state index contributed by atoms with van der Waals surface area (Å²) in [5.74, 6) is -0.486. The first-order valence-electron chi connectivity index (χ1n) is 7.13. The molecule has 0 radical (unpaired) electrons. The maximum Gasteiger partial charge on any atom is 0.254 e. The predicted octanol–water partition coefficient (Wildman–Crippen LogP) is 2.45. The maximum absolute atomic E-state index is 12.2. The molecule has 20 heavy (non-hydrogen) atoms. The van der Waals surface area contributed by atoms with Crippen molar-refractivity contribution in [3.05, 3.63) is 35.9 Å². The highest BCUT2D eigenvalue weighted by molar-refractivity contribution is 5.83. The number of hydrogen-bond acceptors (Lipinski definition) is 3. The Hall–Kier alpha value is -1.86. The first-order chi connectivity index (χ1) is 9.67. The van der Waals surface area contributed by atoms with E-state index in [1.807, 2.05) is 6.07 Å². The van der Waals surface area contributed by atoms with E-state index in [2.05, 4.69) is 11.4 Å². The number of aliphatic hydroxyl groups excluding tert-OH is 1. The molecule has 106 valence electrons. The van der Waals surface area contributed by atoms with Crippen molar-refractivity contribution in [1.82, 2.24) is 5.32 Å². The lowest BCUT2D eigenvalue weighted by molar-refractivity contribution is -0.131. The summed E-state index contributed by atoms with van der Waals surface area (Å²) in [6.45, 7) is 0. The number of benzene rings is 1. The van der Waals surface area contributed by atoms with Crippen molar-refractivity contribution in [3.8, 4) is 6.07 Å². The fourth-order valence-electron chi connectivity index (χ4n) is 2.69. The molecule has 1 fully saturated rings. The summed E-state index contributed by atoms with van der Waals surface area (Å²) in [7, 11) is 0. The van der Waals surface area contributed by atoms with Gasteiger partial charge in [0.15, 0.2) is 6.10 Å². The van der Waals surface area contributed by atoms with Crippen LogP contribution in [0.25, 0.3) is 0 Å². The van der Waals surface area contributed by atoms with Crippen LogP contribution in [0.4, 0.5) is 0 Å². The Bertz CT molecular complexity index is 485. The predicted molar refractivity (Wildman–Crippen MR) is 75.6 cm³/mol. The Morgan fingerprint density at radius 3 is 2.35 bits per heavy atom. The third-order valence-corrected chi connectivity index (χ3v) is 3.90. The van der Waals surface area contributed by atoms with Gasteiger partial charge >= 0.3 is 0 Å². The van der Waals surface area contributed by atoms with Gasteiger partial charge in [0.1, 0.15) is 5.54 Å². The number of nitrogens with one attached hydrogen (secondary N) is 1. The Kier molecular flexibility index (Phi) is 4.75. The monoisotopic (exact) mass is 272 g/mol. The number of hydrogen-bond donors (Lipinski definition) is 2. The smallest absolute Gasteiger partial charge is 0.254 e. The van der Waals surface area contributed by atoms with Crippen LogP contribution >= 0.6 is 0 Å². The fraction of sp³-hybridized carbons (Fsp3) is 0.500. The lowest BCUT2D eigenvalue weighted by Crippen LogP contribution is -2.48. The molecule has 0 aliphatic heterocycles. The zero-order chi connectivity index (χ0) is 14.4. The molecule has 1 aromatic carbocycles. The quantitative estimate of drug-likeness (QED) is 0.830. The number of aliphatic hydroxyl groups is 1. The van der Waals surface area contributed by atoms with Crippen LogP contribution in [0.5, 0.6) is 0 Å². The summed E-state index contributed by atoms with van der Waals surface area (Å²) in [6, 6.07) is 11.0. The van der Waals surface area contributed by atoms with Crippen molar-refractivity contribution < 1.29 is 9.90 Å². The van der Waals surface area contributed by atoms with Gasteiger partial charge < -0.3 is 10.4 Å². The number of carbonyl (C=O) groups excluding carboxylic acids is 1. The average molecular weight is 272 g/mol. The second kappa shape index (κ2) is 6.53. The summed E-state index contributed by atoms with van der Waals surface area (Å²) >= 11 is 0. The second-order valence-corrected chi connectivity index (χ2v) is 5.41. The van der Waals surface area contributed by atoms with Crippen molar-refractivity contribution in [2.75, 3.05) is 0 Å². The molecule has 0 heterocycles. The molecule has 2 N–H and O–H groups in total. The first-order valence-corrected chi connectivity index (χ1v) is 7.13. The van der Waals surface area contributed by atoms with E-state index in [4.69, 9.17) is 0 Å². The molecule has 1 aliphatic carbocycles. The molecular weight excluding hydrogens is 252 g/mol. The van der Waals surface area contributed by atoms with Gasteiger partial charge in [0.2, 0.25) is 0 Å². The van der Waals surface area contributed by atoms with Crippen molar-refractivity contribution in [2.24, 2.45) is 0 Å². The highest BCUT2D eigenvalue weighted by atomic mass is 16.3. The molecule has 1 aromatic rings. The normalized spacial score (nSPS) is 19.4. The van der Waals surface area contributed by atoms with E-state index in [0.717, 1.165) is 25.7 Å². The number of nitriles is 1. The van der Waals surface area contributed by atoms with E-state index in [9.17, 15) is 15.2 Å². The molecule has 4 nitrogen and oxygen atoms in total. The van der Waals surface area contributed by atoms with E-state index in [1.54, 1.807) is 24.3 Å². The molecule has 0 bridgehead atoms. The van der Waals surface area contributed by atoms with Crippen LogP contribution < -0.4 is 5.32 Å². The average Bonchev–Trinajstić information content (AvgIpc) is 2.73. The van der Waals surface area contributed by atoms with Gasteiger partial charge in [-0.2, -0.15) is 5.26 Å². The van der Waals surface area contributed by atoms with Crippen LogP contribution in [0.1, 0.15) is 50.2 Å². The molecule has 1 unspecified atom stereocenters. The Morgan fingerprint density at radius 1 is 1.20 bits per heavy atom. The van der Waals surface area contributed by atoms with Crippen molar-refractivity contribution in [3.63, 3.8) is 0 Å². The van der Waals surface area contributed by atoms with Crippen LogP contribution in [0.3, 0.4) is 0 Å². The number of rotatable bonds is 3. The molecule has 2 rings (SSSR count). The Balaban J connectivity index is 2.07. The largest absolute Gasteiger partial charge is 0.378 e. The molecule has 1 saturated carbocycles. The summed E-state index contributed by atoms with van der Waals surface area (Å²) in [5.41, 5.74) is -0.268. The van der Waals surface area contributed by atoms with Gasteiger partial charge in [0, 0.05) is 0 Å². The lowest BCUT2D eigenvalue weighted by atomic mass is 9.91. The van der Waals surface area contributed by atoms with Crippen LogP contribution in [0.15, 0.2) is 30.3 Å². The van der Waals surface area contributed by atoms with Crippen LogP contribution in [0, 0.1) is 11.3 Å². The van der Waals surface area contributed by atoms with E-state index in [0.29, 0.717) is 18.4 Å². The standard InChI is InChI=1S/C16H20N2O2/c17-12-16(10-6-1-2-7-11-16)18-15(20)14(19)13-8-4-3-5-9-13/h3-5,8-9,14,19H,1-2,6-7,10-11H2,(H,18,20). The highest BCUT2D eigenvalue weighted by Gasteiger charge is 2.34. The van der Waals surface area contributed by atoms with Crippen molar-refractivity contribution in [2.45, 2.75) is 50.2 Å². The van der Waals surface area contributed by atoms with E-state index in [1.165, 1.54) is 0 Å². The van der Waals surface area contributed by atoms with E-state index < -0.39 is 17.6 Å². The second-order valence-electron chi connectivity index (χ2n) is 5.41. The van der Waals surface area contributed by atoms with Crippen LogP contribution in [-0.4, -0.2) is 16.6 Å². The summed E-state index contributed by atoms with van der Waals surface area (Å²) < 4.78 is 0. The van der Waals surface area contributed by atoms with E-state index in [-0.39, 0.29) is 0 Å². The molecule has 0 saturated heterocycles. The first kappa shape index (κ1) is 14.5. The zero-order valence-electron chi connectivity index (χ0n) is 11.5. The molecule has 0 aromatic heterocycles. The van der Waals surface area contributed by atoms with Crippen LogP contribution in [0.2, 0.25) is 0 Å². The van der Waals surface area contributed by atoms with Gasteiger partial charge in [-0.1, -0.05) is 56.0 Å². The Morgan fingerprint density at radius 2 is 1.80 bits per heavy atom. The minimum atomic E-state index is -1.22. The number of amides is 1. The summed E-state index contributed by atoms with van der Waals surface area (Å²) in [6.07, 6.45) is 4.18. The van der Waals surface area contributed by atoms with Gasteiger partial charge in [-0.15, -0.1) is 0 Å². The van der Waals surface area contributed by atoms with Gasteiger partial charge in [0.25, 0.3) is 5.91 Å². The molecular formula is C16H20N2O2. The zero-order valence-corrected chi connectivity index (χ0v) is 11.5. The molecule has 1 amide bonds. The molecule has 4 heteroatoms. The topological polar surface area (TPSA) is 73.1 Å². The number of carbonyl (C=O) groups is 1. The van der Waals surface area contributed by atoms with Crippen LogP contribution in [-0.2, 0) is 4.79 Å². The minimum Gasteiger partial charge on any atom is -0.378 e. The third kappa shape index (κ3) is 3.37. The van der Waals surface area contributed by atoms with Gasteiger partial charge in [-0.3, -0.25) is 4.79 Å². The van der Waals surface area contributed by atoms with Gasteiger partial charge in [0.05, 0.1) is 6.07 Å². The van der Waals surface area contributed by atoms with E-state index >= 15 is 0 Å². The van der Waals surface area contributed by atoms with Crippen molar-refractivity contribution >= 4 is 5.91 Å². The number of nitrogens with zero attached hydrogens (tertiary/aromatic N) is 1. The minimum absolute atomic E-state index is 0.486. The molecule has 0 spiro atoms. The molecule has 1 aliphatic rings. The third-order valence-electron chi connectivity index (χ3n) is 3.90. The van der Waals surface area contributed by atoms with Gasteiger partial charge in [-0.05, 0) is 18.4 Å². The van der Waals surface area contributed by atoms with Crippen molar-refractivity contribution in [1.29, 1.82) is 5.26 Å². The molecule has 1 atom stereocenters.